The Balaban J connectivity index is 1.73. The van der Waals surface area contributed by atoms with Crippen molar-refractivity contribution in [3.8, 4) is 0 Å². The number of aliphatic hydroxyl groups is 1. The summed E-state index contributed by atoms with van der Waals surface area (Å²) in [5, 5.41) is 10.7. The number of halogens is 2. The Kier molecular flexibility index (Phi) is 3.69. The second-order valence-electron chi connectivity index (χ2n) is 5.44. The van der Waals surface area contributed by atoms with Crippen molar-refractivity contribution in [1.82, 2.24) is 9.88 Å². The molecular weight excluding hydrogens is 274 g/mol. The molecule has 0 radical (unpaired) electrons. The minimum absolute atomic E-state index is 0.203. The van der Waals surface area contributed by atoms with Gasteiger partial charge >= 0.3 is 0 Å². The van der Waals surface area contributed by atoms with Crippen molar-refractivity contribution >= 4 is 0 Å². The molecule has 1 aliphatic rings. The maximum Gasteiger partial charge on any atom is 0.148 e. The zero-order valence-corrected chi connectivity index (χ0v) is 11.5. The molecule has 1 N–H and O–H groups in total. The van der Waals surface area contributed by atoms with Crippen LogP contribution in [-0.4, -0.2) is 28.1 Å². The first-order valence-corrected chi connectivity index (χ1v) is 6.87. The second kappa shape index (κ2) is 5.50. The molecule has 110 valence electrons. The Bertz CT molecular complexity index is 635. The number of rotatable bonds is 3. The van der Waals surface area contributed by atoms with E-state index in [2.05, 4.69) is 4.98 Å². The first-order valence-electron chi connectivity index (χ1n) is 6.87. The number of hydrogen-bond donors (Lipinski definition) is 1. The molecule has 2 heterocycles. The molecule has 0 bridgehead atoms. The number of likely N-dealkylation sites (tertiary alicyclic amines) is 1. The van der Waals surface area contributed by atoms with Crippen LogP contribution in [0.5, 0.6) is 0 Å². The Hall–Kier alpha value is -1.85. The fourth-order valence-corrected chi connectivity index (χ4v) is 2.76. The van der Waals surface area contributed by atoms with Gasteiger partial charge in [0.2, 0.25) is 0 Å². The van der Waals surface area contributed by atoms with Gasteiger partial charge in [-0.25, -0.2) is 8.78 Å². The first-order chi connectivity index (χ1) is 10.1. The highest BCUT2D eigenvalue weighted by molar-refractivity contribution is 5.24. The van der Waals surface area contributed by atoms with Crippen molar-refractivity contribution in [3.63, 3.8) is 0 Å². The molecule has 1 aliphatic heterocycles. The van der Waals surface area contributed by atoms with E-state index in [1.807, 2.05) is 35.2 Å². The van der Waals surface area contributed by atoms with Gasteiger partial charge in [0.25, 0.3) is 0 Å². The van der Waals surface area contributed by atoms with E-state index < -0.39 is 17.2 Å². The lowest BCUT2D eigenvalue weighted by atomic mass is 9.93. The van der Waals surface area contributed by atoms with Crippen LogP contribution in [0.1, 0.15) is 17.7 Å². The van der Waals surface area contributed by atoms with Gasteiger partial charge in [-0.2, -0.15) is 0 Å². The summed E-state index contributed by atoms with van der Waals surface area (Å²) < 4.78 is 26.5. The van der Waals surface area contributed by atoms with E-state index in [4.69, 9.17) is 0 Å². The molecule has 3 rings (SSSR count). The number of hydrogen-bond acceptors (Lipinski definition) is 3. The van der Waals surface area contributed by atoms with Crippen molar-refractivity contribution < 1.29 is 13.9 Å². The molecule has 1 atom stereocenters. The molecule has 21 heavy (non-hydrogen) atoms. The maximum absolute atomic E-state index is 13.6. The van der Waals surface area contributed by atoms with Crippen molar-refractivity contribution in [3.05, 3.63) is 65.5 Å². The van der Waals surface area contributed by atoms with Crippen LogP contribution in [0.2, 0.25) is 0 Å². The summed E-state index contributed by atoms with van der Waals surface area (Å²) in [4.78, 5) is 5.72. The van der Waals surface area contributed by atoms with Crippen molar-refractivity contribution in [2.24, 2.45) is 0 Å². The monoisotopic (exact) mass is 290 g/mol. The van der Waals surface area contributed by atoms with E-state index in [0.29, 0.717) is 19.5 Å². The smallest absolute Gasteiger partial charge is 0.148 e. The van der Waals surface area contributed by atoms with Crippen LogP contribution in [-0.2, 0) is 12.1 Å². The average Bonchev–Trinajstić information content (AvgIpc) is 2.86. The van der Waals surface area contributed by atoms with E-state index in [-0.39, 0.29) is 12.2 Å². The summed E-state index contributed by atoms with van der Waals surface area (Å²) >= 11 is 0. The molecule has 1 saturated heterocycles. The van der Waals surface area contributed by atoms with Gasteiger partial charge in [-0.1, -0.05) is 30.3 Å². The number of β-amino-alcohol motifs (C(OH)–C–C–N with tert-alkyl or cyclic N) is 1. The van der Waals surface area contributed by atoms with Crippen LogP contribution in [0.4, 0.5) is 8.78 Å². The molecule has 1 fully saturated rings. The van der Waals surface area contributed by atoms with Gasteiger partial charge in [-0.3, -0.25) is 9.88 Å². The van der Waals surface area contributed by atoms with Crippen LogP contribution in [0.3, 0.4) is 0 Å². The van der Waals surface area contributed by atoms with E-state index in [1.165, 1.54) is 0 Å². The lowest BCUT2D eigenvalue weighted by Gasteiger charge is -2.24. The SMILES string of the molecule is OC1(c2ccccc2)CCN(Cc2ncc(F)cc2F)C1. The minimum atomic E-state index is -0.919. The van der Waals surface area contributed by atoms with Crippen LogP contribution < -0.4 is 0 Å². The van der Waals surface area contributed by atoms with E-state index >= 15 is 0 Å². The summed E-state index contributed by atoms with van der Waals surface area (Å²) in [6, 6.07) is 10.3. The van der Waals surface area contributed by atoms with Crippen LogP contribution >= 0.6 is 0 Å². The zero-order valence-electron chi connectivity index (χ0n) is 11.5. The predicted octanol–water partition coefficient (Wildman–Crippen LogP) is 2.45. The molecule has 5 heteroatoms. The van der Waals surface area contributed by atoms with E-state index in [1.54, 1.807) is 0 Å². The molecule has 0 aliphatic carbocycles. The zero-order chi connectivity index (χ0) is 14.9. The van der Waals surface area contributed by atoms with Gasteiger partial charge in [-0.15, -0.1) is 0 Å². The Labute approximate surface area is 121 Å². The highest BCUT2D eigenvalue weighted by atomic mass is 19.1. The van der Waals surface area contributed by atoms with Crippen molar-refractivity contribution in [2.45, 2.75) is 18.6 Å². The molecule has 2 aromatic rings. The van der Waals surface area contributed by atoms with Gasteiger partial charge in [0.15, 0.2) is 0 Å². The van der Waals surface area contributed by atoms with Crippen LogP contribution in [0, 0.1) is 11.6 Å². The highest BCUT2D eigenvalue weighted by Crippen LogP contribution is 2.32. The fraction of sp³-hybridized carbons (Fsp3) is 0.312. The lowest BCUT2D eigenvalue weighted by Crippen LogP contribution is -2.30. The largest absolute Gasteiger partial charge is 0.384 e. The maximum atomic E-state index is 13.6. The lowest BCUT2D eigenvalue weighted by molar-refractivity contribution is 0.0450. The van der Waals surface area contributed by atoms with Gasteiger partial charge in [0, 0.05) is 25.7 Å². The summed E-state index contributed by atoms with van der Waals surface area (Å²) in [5.41, 5.74) is 0.145. The van der Waals surface area contributed by atoms with Crippen LogP contribution in [0.15, 0.2) is 42.6 Å². The normalized spacial score (nSPS) is 22.6. The third-order valence-electron chi connectivity index (χ3n) is 3.90. The van der Waals surface area contributed by atoms with Crippen molar-refractivity contribution in [1.29, 1.82) is 0 Å². The van der Waals surface area contributed by atoms with Crippen molar-refractivity contribution in [2.75, 3.05) is 13.1 Å². The quantitative estimate of drug-likeness (QED) is 0.943. The first kappa shape index (κ1) is 14.1. The topological polar surface area (TPSA) is 36.4 Å². The number of aromatic nitrogens is 1. The third kappa shape index (κ3) is 2.94. The van der Waals surface area contributed by atoms with Crippen LogP contribution in [0.25, 0.3) is 0 Å². The van der Waals surface area contributed by atoms with Gasteiger partial charge in [0.05, 0.1) is 11.9 Å². The summed E-state index contributed by atoms with van der Waals surface area (Å²) in [7, 11) is 0. The number of nitrogens with zero attached hydrogens (tertiary/aromatic N) is 2. The summed E-state index contributed by atoms with van der Waals surface area (Å²) in [5.74, 6) is -1.33. The summed E-state index contributed by atoms with van der Waals surface area (Å²) in [6.45, 7) is 1.32. The van der Waals surface area contributed by atoms with E-state index in [0.717, 1.165) is 17.8 Å². The minimum Gasteiger partial charge on any atom is -0.384 e. The molecular formula is C16H16F2N2O. The van der Waals surface area contributed by atoms with Gasteiger partial charge in [-0.05, 0) is 12.0 Å². The molecule has 1 aromatic heterocycles. The fourth-order valence-electron chi connectivity index (χ4n) is 2.76. The Morgan fingerprint density at radius 3 is 2.71 bits per heavy atom. The molecule has 0 saturated carbocycles. The summed E-state index contributed by atoms with van der Waals surface area (Å²) in [6.07, 6.45) is 1.59. The second-order valence-corrected chi connectivity index (χ2v) is 5.44. The molecule has 3 nitrogen and oxygen atoms in total. The molecule has 0 amide bonds. The third-order valence-corrected chi connectivity index (χ3v) is 3.90. The van der Waals surface area contributed by atoms with E-state index in [9.17, 15) is 13.9 Å². The van der Waals surface area contributed by atoms with Gasteiger partial charge in [0.1, 0.15) is 17.2 Å². The molecule has 1 unspecified atom stereocenters. The Morgan fingerprint density at radius 1 is 1.24 bits per heavy atom. The number of pyridine rings is 1. The standard InChI is InChI=1S/C16H16F2N2O/c17-13-8-14(18)15(19-9-13)10-20-7-6-16(21,11-20)12-4-2-1-3-5-12/h1-5,8-9,21H,6-7,10-11H2. The molecule has 0 spiro atoms. The Morgan fingerprint density at radius 2 is 2.00 bits per heavy atom. The average molecular weight is 290 g/mol. The van der Waals surface area contributed by atoms with Gasteiger partial charge < -0.3 is 5.11 Å². The predicted molar refractivity (Wildman–Crippen MR) is 74.4 cm³/mol. The highest BCUT2D eigenvalue weighted by Gasteiger charge is 2.37. The molecule has 1 aromatic carbocycles. The number of benzene rings is 1.